The third-order valence-corrected chi connectivity index (χ3v) is 2.54. The Bertz CT molecular complexity index is 490. The number of ether oxygens (including phenoxy) is 1. The number of pyridine rings is 1. The summed E-state index contributed by atoms with van der Waals surface area (Å²) in [7, 11) is 0. The van der Waals surface area contributed by atoms with Crippen LogP contribution in [0.25, 0.3) is 0 Å². The number of hydrogen-bond donors (Lipinski definition) is 1. The molecule has 0 bridgehead atoms. The van der Waals surface area contributed by atoms with Gasteiger partial charge in [-0.2, -0.15) is 0 Å². The van der Waals surface area contributed by atoms with E-state index in [9.17, 15) is 14.9 Å². The van der Waals surface area contributed by atoms with Gasteiger partial charge >= 0.3 is 0 Å². The third-order valence-electron chi connectivity index (χ3n) is 2.54. The Morgan fingerprint density at radius 2 is 2.39 bits per heavy atom. The molecule has 0 unspecified atom stereocenters. The van der Waals surface area contributed by atoms with Crippen molar-refractivity contribution in [3.05, 3.63) is 27.9 Å². The second kappa shape index (κ2) is 4.96. The number of aliphatic hydroxyl groups excluding tert-OH is 1. The Morgan fingerprint density at radius 3 is 3.06 bits per heavy atom. The van der Waals surface area contributed by atoms with Crippen molar-refractivity contribution in [3.63, 3.8) is 0 Å². The molecular weight excluding hydrogens is 242 g/mol. The van der Waals surface area contributed by atoms with Crippen LogP contribution >= 0.6 is 0 Å². The van der Waals surface area contributed by atoms with Crippen molar-refractivity contribution in [1.29, 1.82) is 0 Å². The Balaban J connectivity index is 2.40. The Hall–Kier alpha value is -2.22. The first kappa shape index (κ1) is 12.2. The number of hydrogen-bond acceptors (Lipinski definition) is 6. The molecule has 0 spiro atoms. The normalized spacial score (nSPS) is 14.7. The standard InChI is InChI=1S/C10H11N3O5/c14-3-1-12-2-4-18-9-8(10(12)15)5-7(6-11-9)13(16)17/h5-6,14H,1-4H2. The zero-order chi connectivity index (χ0) is 13.1. The quantitative estimate of drug-likeness (QED) is 0.591. The molecule has 1 aliphatic rings. The molecule has 0 aromatic carbocycles. The van der Waals surface area contributed by atoms with Gasteiger partial charge in [-0.05, 0) is 0 Å². The molecule has 1 aromatic heterocycles. The lowest BCUT2D eigenvalue weighted by Gasteiger charge is -2.17. The lowest BCUT2D eigenvalue weighted by Crippen LogP contribution is -2.34. The number of carbonyl (C=O) groups is 1. The molecule has 18 heavy (non-hydrogen) atoms. The van der Waals surface area contributed by atoms with E-state index in [1.54, 1.807) is 0 Å². The Labute approximate surface area is 102 Å². The topological polar surface area (TPSA) is 106 Å². The molecule has 1 amide bonds. The van der Waals surface area contributed by atoms with Gasteiger partial charge in [0.1, 0.15) is 18.4 Å². The minimum atomic E-state index is -0.623. The molecule has 0 atom stereocenters. The molecule has 1 aliphatic heterocycles. The number of rotatable bonds is 3. The monoisotopic (exact) mass is 253 g/mol. The summed E-state index contributed by atoms with van der Waals surface area (Å²) in [5.41, 5.74) is -0.216. The first-order chi connectivity index (χ1) is 8.63. The smallest absolute Gasteiger partial charge is 0.288 e. The van der Waals surface area contributed by atoms with Crippen LogP contribution < -0.4 is 4.74 Å². The highest BCUT2D eigenvalue weighted by Gasteiger charge is 2.26. The number of aliphatic hydroxyl groups is 1. The molecule has 2 heterocycles. The fourth-order valence-corrected chi connectivity index (χ4v) is 1.67. The number of aromatic nitrogens is 1. The third kappa shape index (κ3) is 2.23. The van der Waals surface area contributed by atoms with Crippen LogP contribution in [-0.2, 0) is 0 Å². The van der Waals surface area contributed by atoms with E-state index in [1.165, 1.54) is 4.90 Å². The average molecular weight is 253 g/mol. The number of β-amino-alcohol motifs (C(OH)–C–C–N with tert-alkyl or cyclic N) is 1. The van der Waals surface area contributed by atoms with Crippen LogP contribution in [-0.4, -0.2) is 52.1 Å². The summed E-state index contributed by atoms with van der Waals surface area (Å²) in [6.07, 6.45) is 1.05. The van der Waals surface area contributed by atoms with E-state index in [4.69, 9.17) is 9.84 Å². The van der Waals surface area contributed by atoms with Crippen LogP contribution in [0.4, 0.5) is 5.69 Å². The van der Waals surface area contributed by atoms with Crippen molar-refractivity contribution in [1.82, 2.24) is 9.88 Å². The van der Waals surface area contributed by atoms with Gasteiger partial charge in [0.25, 0.3) is 11.6 Å². The van der Waals surface area contributed by atoms with E-state index in [0.717, 1.165) is 12.3 Å². The highest BCUT2D eigenvalue weighted by Crippen LogP contribution is 2.24. The van der Waals surface area contributed by atoms with Gasteiger partial charge in [-0.1, -0.05) is 0 Å². The summed E-state index contributed by atoms with van der Waals surface area (Å²) in [5, 5.41) is 19.5. The first-order valence-electron chi connectivity index (χ1n) is 5.31. The molecule has 0 aliphatic carbocycles. The van der Waals surface area contributed by atoms with Crippen molar-refractivity contribution in [2.45, 2.75) is 0 Å². The number of fused-ring (bicyclic) bond motifs is 1. The maximum absolute atomic E-state index is 12.1. The second-order valence-corrected chi connectivity index (χ2v) is 3.67. The van der Waals surface area contributed by atoms with Crippen LogP contribution in [0.1, 0.15) is 10.4 Å². The number of nitrogens with zero attached hydrogens (tertiary/aromatic N) is 3. The highest BCUT2D eigenvalue weighted by atomic mass is 16.6. The molecule has 0 radical (unpaired) electrons. The number of carbonyl (C=O) groups excluding carboxylic acids is 1. The zero-order valence-corrected chi connectivity index (χ0v) is 9.40. The van der Waals surface area contributed by atoms with Gasteiger partial charge in [-0.15, -0.1) is 0 Å². The maximum Gasteiger partial charge on any atom is 0.288 e. The van der Waals surface area contributed by atoms with Crippen molar-refractivity contribution in [3.8, 4) is 5.88 Å². The minimum Gasteiger partial charge on any atom is -0.475 e. The molecule has 0 saturated carbocycles. The molecule has 8 nitrogen and oxygen atoms in total. The SMILES string of the molecule is O=C1c2cc([N+](=O)[O-])cnc2OCCN1CCO. The van der Waals surface area contributed by atoms with Crippen molar-refractivity contribution in [2.24, 2.45) is 0 Å². The molecule has 96 valence electrons. The van der Waals surface area contributed by atoms with E-state index in [-0.39, 0.29) is 36.9 Å². The molecule has 0 saturated heterocycles. The van der Waals surface area contributed by atoms with Gasteiger partial charge in [0.05, 0.1) is 18.1 Å². The molecular formula is C10H11N3O5. The summed E-state index contributed by atoms with van der Waals surface area (Å²) < 4.78 is 5.25. The van der Waals surface area contributed by atoms with Gasteiger partial charge in [-0.3, -0.25) is 14.9 Å². The van der Waals surface area contributed by atoms with E-state index in [1.807, 2.05) is 0 Å². The first-order valence-corrected chi connectivity index (χ1v) is 5.31. The van der Waals surface area contributed by atoms with Crippen LogP contribution in [0.2, 0.25) is 0 Å². The minimum absolute atomic E-state index is 0.0511. The van der Waals surface area contributed by atoms with E-state index >= 15 is 0 Å². The van der Waals surface area contributed by atoms with Gasteiger partial charge in [0.2, 0.25) is 5.88 Å². The van der Waals surface area contributed by atoms with Crippen molar-refractivity contribution in [2.75, 3.05) is 26.3 Å². The predicted molar refractivity (Wildman–Crippen MR) is 59.4 cm³/mol. The Kier molecular flexibility index (Phi) is 3.38. The van der Waals surface area contributed by atoms with E-state index < -0.39 is 10.8 Å². The van der Waals surface area contributed by atoms with Crippen LogP contribution in [0.3, 0.4) is 0 Å². The molecule has 2 rings (SSSR count). The van der Waals surface area contributed by atoms with Crippen LogP contribution in [0.15, 0.2) is 12.3 Å². The average Bonchev–Trinajstić information content (AvgIpc) is 2.50. The molecule has 1 aromatic rings. The summed E-state index contributed by atoms with van der Waals surface area (Å²) in [4.78, 5) is 27.2. The van der Waals surface area contributed by atoms with Gasteiger partial charge in [-0.25, -0.2) is 4.98 Å². The fraction of sp³-hybridized carbons (Fsp3) is 0.400. The lowest BCUT2D eigenvalue weighted by molar-refractivity contribution is -0.385. The van der Waals surface area contributed by atoms with Gasteiger partial charge in [0, 0.05) is 12.6 Å². The summed E-state index contributed by atoms with van der Waals surface area (Å²) in [5.74, 6) is -0.334. The van der Waals surface area contributed by atoms with Gasteiger partial charge < -0.3 is 14.7 Å². The molecule has 0 fully saturated rings. The lowest BCUT2D eigenvalue weighted by atomic mass is 10.2. The van der Waals surface area contributed by atoms with E-state index in [2.05, 4.69) is 4.98 Å². The summed E-state index contributed by atoms with van der Waals surface area (Å²) in [6.45, 7) is 0.529. The highest BCUT2D eigenvalue weighted by molar-refractivity contribution is 5.97. The Morgan fingerprint density at radius 1 is 1.61 bits per heavy atom. The van der Waals surface area contributed by atoms with Crippen LogP contribution in [0.5, 0.6) is 5.88 Å². The summed E-state index contributed by atoms with van der Waals surface area (Å²) in [6, 6.07) is 1.14. The maximum atomic E-state index is 12.1. The second-order valence-electron chi connectivity index (χ2n) is 3.67. The van der Waals surface area contributed by atoms with Crippen molar-refractivity contribution < 1.29 is 19.6 Å². The van der Waals surface area contributed by atoms with E-state index in [0.29, 0.717) is 6.54 Å². The molecule has 1 N–H and O–H groups in total. The predicted octanol–water partition coefficient (Wildman–Crippen LogP) is -0.183. The number of amides is 1. The number of nitro groups is 1. The fourth-order valence-electron chi connectivity index (χ4n) is 1.67. The van der Waals surface area contributed by atoms with Gasteiger partial charge in [0.15, 0.2) is 0 Å². The molecule has 8 heteroatoms. The van der Waals surface area contributed by atoms with Crippen LogP contribution in [0, 0.1) is 10.1 Å². The zero-order valence-electron chi connectivity index (χ0n) is 9.40. The van der Waals surface area contributed by atoms with Crippen molar-refractivity contribution >= 4 is 11.6 Å². The largest absolute Gasteiger partial charge is 0.475 e. The summed E-state index contributed by atoms with van der Waals surface area (Å²) >= 11 is 0.